The van der Waals surface area contributed by atoms with E-state index in [9.17, 15) is 4.79 Å². The van der Waals surface area contributed by atoms with Gasteiger partial charge in [-0.1, -0.05) is 6.92 Å². The van der Waals surface area contributed by atoms with Crippen molar-refractivity contribution in [2.75, 3.05) is 12.9 Å². The van der Waals surface area contributed by atoms with E-state index in [0.29, 0.717) is 11.6 Å². The van der Waals surface area contributed by atoms with Crippen molar-refractivity contribution < 1.29 is 9.21 Å². The minimum atomic E-state index is -0.122. The lowest BCUT2D eigenvalue weighted by atomic mass is 10.3. The largest absolute Gasteiger partial charge is 0.456 e. The van der Waals surface area contributed by atoms with E-state index >= 15 is 0 Å². The van der Waals surface area contributed by atoms with Crippen LogP contribution in [0.3, 0.4) is 0 Å². The van der Waals surface area contributed by atoms with Gasteiger partial charge in [-0.25, -0.2) is 0 Å². The molecule has 0 N–H and O–H groups in total. The number of aryl methyl sites for hydroxylation is 1. The summed E-state index contributed by atoms with van der Waals surface area (Å²) in [7, 11) is 1.73. The number of rotatable bonds is 4. The molecule has 0 bridgehead atoms. The summed E-state index contributed by atoms with van der Waals surface area (Å²) in [6.45, 7) is 3.88. The van der Waals surface area contributed by atoms with Crippen molar-refractivity contribution in [1.29, 1.82) is 0 Å². The molecule has 4 heteroatoms. The number of nitrogens with zero attached hydrogens (tertiary/aromatic N) is 1. The maximum absolute atomic E-state index is 11.8. The lowest BCUT2D eigenvalue weighted by Crippen LogP contribution is -2.35. The predicted octanol–water partition coefficient (Wildman–Crippen LogP) is 2.54. The molecule has 0 radical (unpaired) electrons. The van der Waals surface area contributed by atoms with Crippen molar-refractivity contribution in [2.24, 2.45) is 0 Å². The van der Waals surface area contributed by atoms with E-state index in [4.69, 9.17) is 16.0 Å². The molecule has 1 amide bonds. The summed E-state index contributed by atoms with van der Waals surface area (Å²) in [6.07, 6.45) is 0.794. The first kappa shape index (κ1) is 12.1. The van der Waals surface area contributed by atoms with Crippen molar-refractivity contribution in [3.63, 3.8) is 0 Å². The molecule has 84 valence electrons. The molecular weight excluding hydrogens is 214 g/mol. The number of hydrogen-bond acceptors (Lipinski definition) is 2. The zero-order chi connectivity index (χ0) is 11.4. The van der Waals surface area contributed by atoms with Gasteiger partial charge in [-0.3, -0.25) is 4.79 Å². The highest BCUT2D eigenvalue weighted by atomic mass is 35.5. The monoisotopic (exact) mass is 229 g/mol. The fourth-order valence-electron chi connectivity index (χ4n) is 1.16. The Morgan fingerprint density at radius 1 is 1.60 bits per heavy atom. The molecule has 1 rings (SSSR count). The number of alkyl halides is 1. The molecule has 0 aliphatic carbocycles. The number of hydrogen-bond donors (Lipinski definition) is 0. The SMILES string of the molecule is CCc1ccc(C(=O)N(C)C(C)CCl)o1. The predicted molar refractivity (Wildman–Crippen MR) is 60.4 cm³/mol. The maximum atomic E-state index is 11.8. The summed E-state index contributed by atoms with van der Waals surface area (Å²) < 4.78 is 5.38. The van der Waals surface area contributed by atoms with E-state index < -0.39 is 0 Å². The summed E-state index contributed by atoms with van der Waals surface area (Å²) in [4.78, 5) is 13.4. The maximum Gasteiger partial charge on any atom is 0.289 e. The van der Waals surface area contributed by atoms with Gasteiger partial charge in [0.1, 0.15) is 5.76 Å². The van der Waals surface area contributed by atoms with Gasteiger partial charge < -0.3 is 9.32 Å². The highest BCUT2D eigenvalue weighted by Crippen LogP contribution is 2.12. The van der Waals surface area contributed by atoms with Gasteiger partial charge in [0.15, 0.2) is 5.76 Å². The molecular formula is C11H16ClNO2. The zero-order valence-electron chi connectivity index (χ0n) is 9.29. The Morgan fingerprint density at radius 3 is 2.73 bits per heavy atom. The first-order chi connectivity index (χ1) is 7.10. The Balaban J connectivity index is 2.75. The molecule has 0 aromatic carbocycles. The Hall–Kier alpha value is -0.960. The molecule has 1 heterocycles. The summed E-state index contributed by atoms with van der Waals surface area (Å²) in [5.41, 5.74) is 0. The van der Waals surface area contributed by atoms with Crippen LogP contribution in [0, 0.1) is 0 Å². The Bertz CT molecular complexity index is 335. The highest BCUT2D eigenvalue weighted by Gasteiger charge is 2.19. The second-order valence-corrected chi connectivity index (χ2v) is 3.85. The molecule has 0 spiro atoms. The molecule has 0 aliphatic rings. The summed E-state index contributed by atoms with van der Waals surface area (Å²) in [6, 6.07) is 3.54. The molecule has 0 fully saturated rings. The quantitative estimate of drug-likeness (QED) is 0.744. The number of furan rings is 1. The second kappa shape index (κ2) is 5.21. The van der Waals surface area contributed by atoms with Crippen LogP contribution < -0.4 is 0 Å². The van der Waals surface area contributed by atoms with E-state index in [1.807, 2.05) is 19.9 Å². The van der Waals surface area contributed by atoms with Crippen molar-refractivity contribution in [3.8, 4) is 0 Å². The van der Waals surface area contributed by atoms with Crippen LogP contribution in [-0.2, 0) is 6.42 Å². The lowest BCUT2D eigenvalue weighted by molar-refractivity contribution is 0.0723. The van der Waals surface area contributed by atoms with Gasteiger partial charge in [0.05, 0.1) is 0 Å². The average Bonchev–Trinajstić information content (AvgIpc) is 2.74. The molecule has 1 unspecified atom stereocenters. The molecule has 1 atom stereocenters. The van der Waals surface area contributed by atoms with Crippen molar-refractivity contribution in [3.05, 3.63) is 23.7 Å². The van der Waals surface area contributed by atoms with Crippen molar-refractivity contribution in [1.82, 2.24) is 4.90 Å². The first-order valence-electron chi connectivity index (χ1n) is 5.02. The molecule has 0 aliphatic heterocycles. The normalized spacial score (nSPS) is 12.5. The van der Waals surface area contributed by atoms with Crippen LogP contribution in [0.15, 0.2) is 16.5 Å². The van der Waals surface area contributed by atoms with Gasteiger partial charge >= 0.3 is 0 Å². The summed E-state index contributed by atoms with van der Waals surface area (Å²) in [5, 5.41) is 0. The van der Waals surface area contributed by atoms with Crippen LogP contribution in [0.5, 0.6) is 0 Å². The van der Waals surface area contributed by atoms with Gasteiger partial charge in [-0.15, -0.1) is 11.6 Å². The van der Waals surface area contributed by atoms with Crippen LogP contribution >= 0.6 is 11.6 Å². The standard InChI is InChI=1S/C11H16ClNO2/c1-4-9-5-6-10(15-9)11(14)13(3)8(2)7-12/h5-6,8H,4,7H2,1-3H3. The third-order valence-corrected chi connectivity index (χ3v) is 2.87. The van der Waals surface area contributed by atoms with Crippen molar-refractivity contribution >= 4 is 17.5 Å². The van der Waals surface area contributed by atoms with Crippen molar-refractivity contribution in [2.45, 2.75) is 26.3 Å². The van der Waals surface area contributed by atoms with Crippen LogP contribution in [0.2, 0.25) is 0 Å². The third kappa shape index (κ3) is 2.75. The minimum absolute atomic E-state index is 0.00865. The van der Waals surface area contributed by atoms with Gasteiger partial charge in [0.2, 0.25) is 0 Å². The van der Waals surface area contributed by atoms with Crippen LogP contribution in [0.1, 0.15) is 30.2 Å². The van der Waals surface area contributed by atoms with Gasteiger partial charge in [-0.05, 0) is 19.1 Å². The molecule has 1 aromatic heterocycles. The van der Waals surface area contributed by atoms with Gasteiger partial charge in [0, 0.05) is 25.4 Å². The van der Waals surface area contributed by atoms with E-state index in [2.05, 4.69) is 0 Å². The molecule has 0 saturated carbocycles. The molecule has 0 saturated heterocycles. The molecule has 3 nitrogen and oxygen atoms in total. The van der Waals surface area contributed by atoms with Gasteiger partial charge in [-0.2, -0.15) is 0 Å². The highest BCUT2D eigenvalue weighted by molar-refractivity contribution is 6.18. The van der Waals surface area contributed by atoms with E-state index in [1.165, 1.54) is 0 Å². The molecule has 1 aromatic rings. The summed E-state index contributed by atoms with van der Waals surface area (Å²) in [5.74, 6) is 1.50. The number of amides is 1. The van der Waals surface area contributed by atoms with E-state index in [0.717, 1.165) is 12.2 Å². The second-order valence-electron chi connectivity index (χ2n) is 3.54. The average molecular weight is 230 g/mol. The topological polar surface area (TPSA) is 33.5 Å². The molecule has 15 heavy (non-hydrogen) atoms. The van der Waals surface area contributed by atoms with Crippen LogP contribution in [0.4, 0.5) is 0 Å². The fraction of sp³-hybridized carbons (Fsp3) is 0.545. The Kier molecular flexibility index (Phi) is 4.21. The third-order valence-electron chi connectivity index (χ3n) is 2.43. The fourth-order valence-corrected chi connectivity index (χ4v) is 1.37. The smallest absolute Gasteiger partial charge is 0.289 e. The zero-order valence-corrected chi connectivity index (χ0v) is 10.0. The summed E-state index contributed by atoms with van der Waals surface area (Å²) >= 11 is 5.69. The van der Waals surface area contributed by atoms with Crippen LogP contribution in [0.25, 0.3) is 0 Å². The first-order valence-corrected chi connectivity index (χ1v) is 5.55. The number of carbonyl (C=O) groups is 1. The number of carbonyl (C=O) groups excluding carboxylic acids is 1. The Morgan fingerprint density at radius 2 is 2.27 bits per heavy atom. The lowest BCUT2D eigenvalue weighted by Gasteiger charge is -2.21. The van der Waals surface area contributed by atoms with Crippen LogP contribution in [-0.4, -0.2) is 29.8 Å². The number of halogens is 1. The minimum Gasteiger partial charge on any atom is -0.456 e. The van der Waals surface area contributed by atoms with E-state index in [-0.39, 0.29) is 11.9 Å². The van der Waals surface area contributed by atoms with E-state index in [1.54, 1.807) is 18.0 Å². The van der Waals surface area contributed by atoms with Gasteiger partial charge in [0.25, 0.3) is 5.91 Å². The Labute approximate surface area is 95.0 Å².